The Morgan fingerprint density at radius 3 is 2.16 bits per heavy atom. The number of amides is 1. The fourth-order valence-corrected chi connectivity index (χ4v) is 4.60. The Kier molecular flexibility index (Phi) is 7.31. The fraction of sp³-hybridized carbons (Fsp3) is 0.480. The quantitative estimate of drug-likeness (QED) is 0.648. The van der Waals surface area contributed by atoms with E-state index in [0.717, 1.165) is 41.2 Å². The zero-order valence-electron chi connectivity index (χ0n) is 20.0. The topological polar surface area (TPSA) is 85.5 Å². The Bertz CT molecular complexity index is 1010. The molecular weight excluding hydrogens is 404 g/mol. The van der Waals surface area contributed by atoms with E-state index in [4.69, 9.17) is 0 Å². The van der Waals surface area contributed by atoms with Crippen LogP contribution in [-0.4, -0.2) is 71.0 Å². The minimum Gasteiger partial charge on any atom is -0.355 e. The van der Waals surface area contributed by atoms with E-state index in [-0.39, 0.29) is 23.5 Å². The number of nitrogens with zero attached hydrogens (tertiary/aromatic N) is 2. The molecule has 1 aromatic heterocycles. The maximum absolute atomic E-state index is 13.1. The first-order valence-electron chi connectivity index (χ1n) is 11.2. The van der Waals surface area contributed by atoms with E-state index in [0.29, 0.717) is 30.9 Å². The summed E-state index contributed by atoms with van der Waals surface area (Å²) in [4.78, 5) is 45.0. The number of ketones is 2. The van der Waals surface area contributed by atoms with E-state index in [9.17, 15) is 14.4 Å². The van der Waals surface area contributed by atoms with Crippen LogP contribution >= 0.6 is 0 Å². The van der Waals surface area contributed by atoms with Crippen molar-refractivity contribution < 1.29 is 14.4 Å². The van der Waals surface area contributed by atoms with Crippen LogP contribution in [-0.2, 0) is 4.79 Å². The average Bonchev–Trinajstić information content (AvgIpc) is 3.04. The van der Waals surface area contributed by atoms with Crippen LogP contribution in [0.3, 0.4) is 0 Å². The number of nitrogens with one attached hydrogen (secondary N) is 2. The smallest absolute Gasteiger partial charge is 0.238 e. The first kappa shape index (κ1) is 23.9. The lowest BCUT2D eigenvalue weighted by molar-refractivity contribution is -0.117. The highest BCUT2D eigenvalue weighted by Gasteiger charge is 2.30. The third-order valence-electron chi connectivity index (χ3n) is 6.48. The molecule has 3 rings (SSSR count). The van der Waals surface area contributed by atoms with Gasteiger partial charge in [0.1, 0.15) is 0 Å². The molecule has 2 N–H and O–H groups in total. The van der Waals surface area contributed by atoms with Gasteiger partial charge < -0.3 is 10.3 Å². The number of para-hydroxylation sites is 1. The van der Waals surface area contributed by atoms with Crippen molar-refractivity contribution in [3.05, 3.63) is 51.8 Å². The molecule has 7 nitrogen and oxygen atoms in total. The molecule has 0 spiro atoms. The van der Waals surface area contributed by atoms with Gasteiger partial charge in [0.2, 0.25) is 5.91 Å². The largest absolute Gasteiger partial charge is 0.355 e. The number of aromatic amines is 1. The summed E-state index contributed by atoms with van der Waals surface area (Å²) in [6.07, 6.45) is 0. The lowest BCUT2D eigenvalue weighted by Gasteiger charge is -2.37. The Morgan fingerprint density at radius 2 is 1.62 bits per heavy atom. The van der Waals surface area contributed by atoms with E-state index in [1.54, 1.807) is 0 Å². The van der Waals surface area contributed by atoms with Crippen molar-refractivity contribution in [1.29, 1.82) is 0 Å². The molecule has 1 amide bonds. The van der Waals surface area contributed by atoms with Gasteiger partial charge in [-0.3, -0.25) is 24.2 Å². The Hall–Kier alpha value is -2.77. The lowest BCUT2D eigenvalue weighted by atomic mass is 10.0. The van der Waals surface area contributed by atoms with E-state index in [1.165, 1.54) is 6.92 Å². The zero-order chi connectivity index (χ0) is 23.6. The van der Waals surface area contributed by atoms with Gasteiger partial charge in [0.25, 0.3) is 0 Å². The highest BCUT2D eigenvalue weighted by molar-refractivity contribution is 6.05. The lowest BCUT2D eigenvalue weighted by Crippen LogP contribution is -2.53. The van der Waals surface area contributed by atoms with E-state index < -0.39 is 0 Å². The Morgan fingerprint density at radius 1 is 1.03 bits per heavy atom. The van der Waals surface area contributed by atoms with Crippen molar-refractivity contribution in [1.82, 2.24) is 14.8 Å². The summed E-state index contributed by atoms with van der Waals surface area (Å²) in [5.74, 6) is -0.0516. The second kappa shape index (κ2) is 9.79. The minimum atomic E-state index is -0.294. The fourth-order valence-electron chi connectivity index (χ4n) is 4.60. The molecule has 0 aliphatic carbocycles. The molecule has 0 radical (unpaired) electrons. The Balaban J connectivity index is 1.56. The molecule has 1 atom stereocenters. The predicted molar refractivity (Wildman–Crippen MR) is 127 cm³/mol. The number of piperazine rings is 1. The third kappa shape index (κ3) is 5.00. The Labute approximate surface area is 190 Å². The van der Waals surface area contributed by atoms with Gasteiger partial charge in [-0.1, -0.05) is 18.2 Å². The molecule has 32 heavy (non-hydrogen) atoms. The van der Waals surface area contributed by atoms with Crippen molar-refractivity contribution in [3.8, 4) is 0 Å². The SMILES string of the molecule is CC(=O)c1c(C)[nH]c(C(=O)[C@H](C)N2CCN(CC(=O)Nc3c(C)cccc3C)CC2)c1C. The molecule has 1 aliphatic rings. The number of Topliss-reactive ketones (excluding diaryl/α,β-unsaturated/α-hetero) is 2. The van der Waals surface area contributed by atoms with Gasteiger partial charge in [0.05, 0.1) is 18.3 Å². The number of aryl methyl sites for hydroxylation is 3. The van der Waals surface area contributed by atoms with Gasteiger partial charge in [-0.15, -0.1) is 0 Å². The molecule has 1 saturated heterocycles. The third-order valence-corrected chi connectivity index (χ3v) is 6.48. The number of H-pyrrole nitrogens is 1. The van der Waals surface area contributed by atoms with Crippen molar-refractivity contribution in [3.63, 3.8) is 0 Å². The van der Waals surface area contributed by atoms with Crippen LogP contribution in [0.25, 0.3) is 0 Å². The molecule has 172 valence electrons. The number of benzene rings is 1. The number of rotatable bonds is 7. The molecule has 1 fully saturated rings. The van der Waals surface area contributed by atoms with Crippen LogP contribution in [0, 0.1) is 27.7 Å². The van der Waals surface area contributed by atoms with E-state index in [1.807, 2.05) is 52.8 Å². The number of hydrogen-bond acceptors (Lipinski definition) is 5. The standard InChI is InChI=1S/C25H34N4O3/c1-15-8-7-9-16(2)23(15)27-21(31)14-28-10-12-29(13-11-28)19(5)25(32)24-17(3)22(20(6)30)18(4)26-24/h7-9,19,26H,10-14H2,1-6H3,(H,27,31)/t19-/m0/s1. The first-order valence-corrected chi connectivity index (χ1v) is 11.2. The van der Waals surface area contributed by atoms with Gasteiger partial charge in [-0.05, 0) is 58.2 Å². The van der Waals surface area contributed by atoms with Gasteiger partial charge in [0.15, 0.2) is 11.6 Å². The van der Waals surface area contributed by atoms with Gasteiger partial charge in [-0.2, -0.15) is 0 Å². The molecule has 0 bridgehead atoms. The summed E-state index contributed by atoms with van der Waals surface area (Å²) in [6.45, 7) is 14.3. The molecule has 2 heterocycles. The summed E-state index contributed by atoms with van der Waals surface area (Å²) in [5, 5.41) is 3.04. The molecular formula is C25H34N4O3. The molecule has 1 aliphatic heterocycles. The summed E-state index contributed by atoms with van der Waals surface area (Å²) in [6, 6.07) is 5.68. The van der Waals surface area contributed by atoms with Gasteiger partial charge in [0, 0.05) is 43.1 Å². The number of carbonyl (C=O) groups excluding carboxylic acids is 3. The van der Waals surface area contributed by atoms with Crippen molar-refractivity contribution in [2.24, 2.45) is 0 Å². The summed E-state index contributed by atoms with van der Waals surface area (Å²) in [7, 11) is 0. The monoisotopic (exact) mass is 438 g/mol. The van der Waals surface area contributed by atoms with Crippen LogP contribution in [0.1, 0.15) is 57.1 Å². The van der Waals surface area contributed by atoms with Crippen LogP contribution in [0.5, 0.6) is 0 Å². The van der Waals surface area contributed by atoms with Gasteiger partial charge in [-0.25, -0.2) is 0 Å². The van der Waals surface area contributed by atoms with Crippen molar-refractivity contribution >= 4 is 23.2 Å². The van der Waals surface area contributed by atoms with Crippen LogP contribution in [0.15, 0.2) is 18.2 Å². The van der Waals surface area contributed by atoms with Crippen LogP contribution in [0.4, 0.5) is 5.69 Å². The first-order chi connectivity index (χ1) is 15.1. The highest BCUT2D eigenvalue weighted by atomic mass is 16.2. The number of anilines is 1. The van der Waals surface area contributed by atoms with Crippen LogP contribution in [0.2, 0.25) is 0 Å². The maximum Gasteiger partial charge on any atom is 0.238 e. The van der Waals surface area contributed by atoms with Crippen molar-refractivity contribution in [2.75, 3.05) is 38.0 Å². The number of aromatic nitrogens is 1. The summed E-state index contributed by atoms with van der Waals surface area (Å²) in [5.41, 5.74) is 5.60. The van der Waals surface area contributed by atoms with Crippen LogP contribution < -0.4 is 5.32 Å². The van der Waals surface area contributed by atoms with Gasteiger partial charge >= 0.3 is 0 Å². The second-order valence-corrected chi connectivity index (χ2v) is 8.85. The molecule has 1 aromatic carbocycles. The molecule has 7 heteroatoms. The minimum absolute atomic E-state index is 0.000629. The highest BCUT2D eigenvalue weighted by Crippen LogP contribution is 2.22. The van der Waals surface area contributed by atoms with E-state index >= 15 is 0 Å². The van der Waals surface area contributed by atoms with Crippen molar-refractivity contribution in [2.45, 2.75) is 47.6 Å². The molecule has 0 saturated carbocycles. The summed E-state index contributed by atoms with van der Waals surface area (Å²) >= 11 is 0. The number of carbonyl (C=O) groups is 3. The number of hydrogen-bond donors (Lipinski definition) is 2. The summed E-state index contributed by atoms with van der Waals surface area (Å²) < 4.78 is 0. The average molecular weight is 439 g/mol. The maximum atomic E-state index is 13.1. The second-order valence-electron chi connectivity index (χ2n) is 8.85. The predicted octanol–water partition coefficient (Wildman–Crippen LogP) is 3.28. The normalized spacial score (nSPS) is 16.1. The molecule has 2 aromatic rings. The van der Waals surface area contributed by atoms with E-state index in [2.05, 4.69) is 20.1 Å². The molecule has 0 unspecified atom stereocenters. The zero-order valence-corrected chi connectivity index (χ0v) is 20.0.